The van der Waals surface area contributed by atoms with Crippen LogP contribution in [0.2, 0.25) is 5.02 Å². The lowest BCUT2D eigenvalue weighted by Crippen LogP contribution is -2.48. The van der Waals surface area contributed by atoms with E-state index < -0.39 is 17.8 Å². The maximum atomic E-state index is 13.9. The molecule has 104 valence electrons. The van der Waals surface area contributed by atoms with Gasteiger partial charge >= 0.3 is 5.97 Å². The number of halogens is 2. The van der Waals surface area contributed by atoms with Gasteiger partial charge in [0, 0.05) is 36.8 Å². The van der Waals surface area contributed by atoms with Crippen molar-refractivity contribution in [2.45, 2.75) is 6.04 Å². The minimum absolute atomic E-state index is 0.0567. The molecular weight excluding hydrogens is 271 g/mol. The van der Waals surface area contributed by atoms with Gasteiger partial charge in [-0.15, -0.1) is 0 Å². The molecule has 19 heavy (non-hydrogen) atoms. The fraction of sp³-hybridized carbons (Fsp3) is 0.462. The number of carboxylic acid groups (broad SMARTS) is 1. The van der Waals surface area contributed by atoms with Crippen LogP contribution in [0.15, 0.2) is 18.2 Å². The van der Waals surface area contributed by atoms with E-state index in [0.717, 1.165) is 13.1 Å². The molecule has 6 heteroatoms. The second-order valence-electron chi connectivity index (χ2n) is 4.72. The van der Waals surface area contributed by atoms with E-state index in [9.17, 15) is 14.3 Å². The molecule has 1 aliphatic heterocycles. The van der Waals surface area contributed by atoms with Crippen molar-refractivity contribution >= 4 is 17.6 Å². The van der Waals surface area contributed by atoms with Gasteiger partial charge in [-0.25, -0.2) is 4.39 Å². The number of carboxylic acids is 1. The van der Waals surface area contributed by atoms with Crippen LogP contribution in [0, 0.1) is 5.82 Å². The number of piperazine rings is 1. The molecule has 0 amide bonds. The van der Waals surface area contributed by atoms with Gasteiger partial charge in [-0.05, 0) is 19.2 Å². The SMILES string of the molecule is CN1CCN(C(C(=O)O)c2c(F)cccc2Cl)CC1. The Morgan fingerprint density at radius 3 is 2.53 bits per heavy atom. The zero-order valence-corrected chi connectivity index (χ0v) is 11.4. The van der Waals surface area contributed by atoms with Crippen molar-refractivity contribution in [2.24, 2.45) is 0 Å². The monoisotopic (exact) mass is 286 g/mol. The van der Waals surface area contributed by atoms with Crippen LogP contribution in [-0.4, -0.2) is 54.1 Å². The summed E-state index contributed by atoms with van der Waals surface area (Å²) in [5, 5.41) is 9.57. The standard InChI is InChI=1S/C13H16ClFN2O2/c1-16-5-7-17(8-6-16)12(13(18)19)11-9(14)3-2-4-10(11)15/h2-4,12H,5-8H2,1H3,(H,18,19). The van der Waals surface area contributed by atoms with Gasteiger partial charge in [0.15, 0.2) is 0 Å². The number of aliphatic carboxylic acids is 1. The van der Waals surface area contributed by atoms with E-state index in [0.29, 0.717) is 13.1 Å². The lowest BCUT2D eigenvalue weighted by atomic mass is 10.0. The Hall–Kier alpha value is -1.17. The maximum Gasteiger partial charge on any atom is 0.325 e. The molecule has 1 fully saturated rings. The van der Waals surface area contributed by atoms with Gasteiger partial charge in [-0.1, -0.05) is 17.7 Å². The summed E-state index contributed by atoms with van der Waals surface area (Å²) in [6.07, 6.45) is 0. The van der Waals surface area contributed by atoms with Crippen LogP contribution in [0.5, 0.6) is 0 Å². The van der Waals surface area contributed by atoms with Gasteiger partial charge in [0.1, 0.15) is 11.9 Å². The Morgan fingerprint density at radius 1 is 1.37 bits per heavy atom. The molecule has 1 saturated heterocycles. The third-order valence-corrected chi connectivity index (χ3v) is 3.74. The molecule has 0 saturated carbocycles. The van der Waals surface area contributed by atoms with Crippen LogP contribution in [0.4, 0.5) is 4.39 Å². The van der Waals surface area contributed by atoms with Crippen LogP contribution >= 0.6 is 11.6 Å². The first-order valence-corrected chi connectivity index (χ1v) is 6.48. The van der Waals surface area contributed by atoms with E-state index in [-0.39, 0.29) is 10.6 Å². The summed E-state index contributed by atoms with van der Waals surface area (Å²) in [5.74, 6) is -1.64. The Morgan fingerprint density at radius 2 is 2.00 bits per heavy atom. The molecule has 1 N–H and O–H groups in total. The molecule has 0 aromatic heterocycles. The third kappa shape index (κ3) is 3.05. The first kappa shape index (κ1) is 14.2. The number of likely N-dealkylation sites (N-methyl/N-ethyl adjacent to an activating group) is 1. The summed E-state index contributed by atoms with van der Waals surface area (Å²) in [4.78, 5) is 15.4. The second kappa shape index (κ2) is 5.86. The molecule has 0 spiro atoms. The molecule has 1 atom stereocenters. The van der Waals surface area contributed by atoms with Crippen LogP contribution in [0.1, 0.15) is 11.6 Å². The largest absolute Gasteiger partial charge is 0.480 e. The van der Waals surface area contributed by atoms with Crippen LogP contribution in [-0.2, 0) is 4.79 Å². The summed E-state index contributed by atoms with van der Waals surface area (Å²) in [6.45, 7) is 2.68. The molecule has 1 unspecified atom stereocenters. The fourth-order valence-corrected chi connectivity index (χ4v) is 2.58. The first-order chi connectivity index (χ1) is 9.00. The Labute approximate surface area is 116 Å². The molecule has 1 aromatic rings. The smallest absolute Gasteiger partial charge is 0.325 e. The van der Waals surface area contributed by atoms with Crippen molar-refractivity contribution in [2.75, 3.05) is 33.2 Å². The summed E-state index contributed by atoms with van der Waals surface area (Å²) in [7, 11) is 1.98. The second-order valence-corrected chi connectivity index (χ2v) is 5.12. The first-order valence-electron chi connectivity index (χ1n) is 6.10. The number of rotatable bonds is 3. The Balaban J connectivity index is 2.33. The minimum atomic E-state index is -1.07. The zero-order valence-electron chi connectivity index (χ0n) is 10.6. The van der Waals surface area contributed by atoms with Crippen molar-refractivity contribution in [3.05, 3.63) is 34.6 Å². The van der Waals surface area contributed by atoms with Gasteiger partial charge in [0.25, 0.3) is 0 Å². The highest BCUT2D eigenvalue weighted by Gasteiger charge is 2.33. The predicted octanol–water partition coefficient (Wildman–Crippen LogP) is 1.85. The highest BCUT2D eigenvalue weighted by Crippen LogP contribution is 2.30. The van der Waals surface area contributed by atoms with Crippen LogP contribution < -0.4 is 0 Å². The summed E-state index contributed by atoms with van der Waals surface area (Å²) < 4.78 is 13.9. The molecule has 0 radical (unpaired) electrons. The number of carbonyl (C=O) groups is 1. The van der Waals surface area contributed by atoms with E-state index in [1.165, 1.54) is 18.2 Å². The van der Waals surface area contributed by atoms with Crippen molar-refractivity contribution in [1.82, 2.24) is 9.80 Å². The van der Waals surface area contributed by atoms with Gasteiger partial charge < -0.3 is 10.0 Å². The van der Waals surface area contributed by atoms with Crippen molar-refractivity contribution < 1.29 is 14.3 Å². The lowest BCUT2D eigenvalue weighted by molar-refractivity contribution is -0.144. The van der Waals surface area contributed by atoms with Crippen molar-refractivity contribution in [1.29, 1.82) is 0 Å². The quantitative estimate of drug-likeness (QED) is 0.921. The van der Waals surface area contributed by atoms with Gasteiger partial charge in [-0.3, -0.25) is 9.69 Å². The van der Waals surface area contributed by atoms with Crippen LogP contribution in [0.3, 0.4) is 0 Å². The average Bonchev–Trinajstić information content (AvgIpc) is 2.35. The van der Waals surface area contributed by atoms with Crippen LogP contribution in [0.25, 0.3) is 0 Å². The normalized spacial score (nSPS) is 19.3. The molecule has 4 nitrogen and oxygen atoms in total. The van der Waals surface area contributed by atoms with Crippen molar-refractivity contribution in [3.8, 4) is 0 Å². The summed E-state index contributed by atoms with van der Waals surface area (Å²) in [5.41, 5.74) is 0.0567. The topological polar surface area (TPSA) is 43.8 Å². The number of hydrogen-bond donors (Lipinski definition) is 1. The fourth-order valence-electron chi connectivity index (χ4n) is 2.31. The van der Waals surface area contributed by atoms with E-state index in [4.69, 9.17) is 11.6 Å². The molecular formula is C13H16ClFN2O2. The number of hydrogen-bond acceptors (Lipinski definition) is 3. The lowest BCUT2D eigenvalue weighted by Gasteiger charge is -2.36. The van der Waals surface area contributed by atoms with Gasteiger partial charge in [-0.2, -0.15) is 0 Å². The Bertz CT molecular complexity index is 455. The molecule has 1 heterocycles. The molecule has 2 rings (SSSR count). The van der Waals surface area contributed by atoms with E-state index in [2.05, 4.69) is 4.90 Å². The minimum Gasteiger partial charge on any atom is -0.480 e. The highest BCUT2D eigenvalue weighted by atomic mass is 35.5. The number of benzene rings is 1. The summed E-state index contributed by atoms with van der Waals surface area (Å²) in [6, 6.07) is 3.21. The van der Waals surface area contributed by atoms with E-state index in [1.54, 1.807) is 4.90 Å². The zero-order chi connectivity index (χ0) is 14.0. The molecule has 0 bridgehead atoms. The maximum absolute atomic E-state index is 13.9. The number of nitrogens with zero attached hydrogens (tertiary/aromatic N) is 2. The molecule has 1 aromatic carbocycles. The van der Waals surface area contributed by atoms with Crippen molar-refractivity contribution in [3.63, 3.8) is 0 Å². The highest BCUT2D eigenvalue weighted by molar-refractivity contribution is 6.31. The van der Waals surface area contributed by atoms with E-state index in [1.807, 2.05) is 7.05 Å². The molecule has 0 aliphatic carbocycles. The van der Waals surface area contributed by atoms with E-state index >= 15 is 0 Å². The Kier molecular flexibility index (Phi) is 4.39. The molecule has 1 aliphatic rings. The predicted molar refractivity (Wildman–Crippen MR) is 70.9 cm³/mol. The summed E-state index contributed by atoms with van der Waals surface area (Å²) >= 11 is 5.98. The third-order valence-electron chi connectivity index (χ3n) is 3.41. The van der Waals surface area contributed by atoms with Gasteiger partial charge in [0.05, 0.1) is 0 Å². The average molecular weight is 287 g/mol. The van der Waals surface area contributed by atoms with Gasteiger partial charge in [0.2, 0.25) is 0 Å².